The Bertz CT molecular complexity index is 1890. The van der Waals surface area contributed by atoms with E-state index in [4.69, 9.17) is 14.5 Å². The molecule has 2 aromatic carbocycles. The molecule has 5 heteroatoms. The van der Waals surface area contributed by atoms with E-state index in [1.807, 2.05) is 82.3 Å². The minimum atomic E-state index is 0.513. The zero-order valence-electron chi connectivity index (χ0n) is 28.9. The summed E-state index contributed by atoms with van der Waals surface area (Å²) >= 11 is 0. The molecular weight excluding hydrogens is 590 g/mol. The highest BCUT2D eigenvalue weighted by Crippen LogP contribution is 2.44. The summed E-state index contributed by atoms with van der Waals surface area (Å²) < 4.78 is 14.9. The van der Waals surface area contributed by atoms with Gasteiger partial charge in [-0.05, 0) is 75.3 Å². The molecule has 0 N–H and O–H groups in total. The van der Waals surface area contributed by atoms with Crippen LogP contribution in [0.2, 0.25) is 0 Å². The van der Waals surface area contributed by atoms with Crippen LogP contribution in [0, 0.1) is 0 Å². The summed E-state index contributed by atoms with van der Waals surface area (Å²) in [6.07, 6.45) is 29.3. The van der Waals surface area contributed by atoms with Crippen LogP contribution in [0.25, 0.3) is 28.9 Å². The molecule has 0 fully saturated rings. The minimum absolute atomic E-state index is 0.513. The monoisotopic (exact) mass is 637 g/mol. The van der Waals surface area contributed by atoms with Gasteiger partial charge in [0.2, 0.25) is 0 Å². The Morgan fingerprint density at radius 3 is 2.27 bits per heavy atom. The van der Waals surface area contributed by atoms with E-state index in [1.54, 1.807) is 6.08 Å². The zero-order valence-corrected chi connectivity index (χ0v) is 28.9. The lowest BCUT2D eigenvalue weighted by atomic mass is 10.1. The molecule has 0 saturated carbocycles. The molecule has 1 aliphatic heterocycles. The van der Waals surface area contributed by atoms with E-state index in [9.17, 15) is 0 Å². The fourth-order valence-corrected chi connectivity index (χ4v) is 5.48. The van der Waals surface area contributed by atoms with Crippen LogP contribution < -0.4 is 9.47 Å². The molecule has 0 unspecified atom stereocenters. The highest BCUT2D eigenvalue weighted by atomic mass is 16.6. The van der Waals surface area contributed by atoms with Crippen molar-refractivity contribution in [2.75, 3.05) is 0 Å². The lowest BCUT2D eigenvalue weighted by Crippen LogP contribution is -2.14. The molecule has 0 amide bonds. The molecule has 0 atom stereocenters. The van der Waals surface area contributed by atoms with Crippen LogP contribution in [0.15, 0.2) is 143 Å². The third kappa shape index (κ3) is 8.29. The molecule has 0 bridgehead atoms. The second-order valence-corrected chi connectivity index (χ2v) is 10.8. The summed E-state index contributed by atoms with van der Waals surface area (Å²) in [4.78, 5) is 9.67. The number of allylic oxidation sites excluding steroid dienone is 12. The molecule has 5 nitrogen and oxygen atoms in total. The maximum atomic E-state index is 6.39. The van der Waals surface area contributed by atoms with E-state index in [1.165, 1.54) is 0 Å². The van der Waals surface area contributed by atoms with Gasteiger partial charge < -0.3 is 9.47 Å². The maximum absolute atomic E-state index is 6.39. The number of aliphatic imine (C=N–C) groups is 2. The first kappa shape index (κ1) is 35.4. The van der Waals surface area contributed by atoms with Gasteiger partial charge in [-0.25, -0.2) is 4.99 Å². The molecule has 2 heterocycles. The molecule has 0 saturated heterocycles. The summed E-state index contributed by atoms with van der Waals surface area (Å²) in [6, 6.07) is 14.3. The molecule has 2 aliphatic rings. The van der Waals surface area contributed by atoms with E-state index in [0.717, 1.165) is 69.8 Å². The predicted molar refractivity (Wildman–Crippen MR) is 208 cm³/mol. The normalized spacial score (nSPS) is 15.1. The maximum Gasteiger partial charge on any atom is 0.172 e. The number of nitrogens with zero attached hydrogens (tertiary/aromatic N) is 3. The molecular formula is C43H47N3O2. The molecule has 48 heavy (non-hydrogen) atoms. The first-order valence-electron chi connectivity index (χ1n) is 16.8. The van der Waals surface area contributed by atoms with Gasteiger partial charge in [-0.2, -0.15) is 0 Å². The molecule has 3 aromatic rings. The summed E-state index contributed by atoms with van der Waals surface area (Å²) in [5.41, 5.74) is 5.70. The van der Waals surface area contributed by atoms with Crippen LogP contribution in [0.4, 0.5) is 0 Å². The van der Waals surface area contributed by atoms with Crippen LogP contribution in [0.3, 0.4) is 0 Å². The van der Waals surface area contributed by atoms with Crippen LogP contribution in [0.5, 0.6) is 11.5 Å². The number of rotatable bonds is 12. The van der Waals surface area contributed by atoms with Crippen molar-refractivity contribution in [3.05, 3.63) is 150 Å². The highest BCUT2D eigenvalue weighted by Gasteiger charge is 2.26. The third-order valence-corrected chi connectivity index (χ3v) is 7.56. The number of benzene rings is 2. The Labute approximate surface area is 286 Å². The first-order valence-corrected chi connectivity index (χ1v) is 16.8. The van der Waals surface area contributed by atoms with Gasteiger partial charge in [0.15, 0.2) is 23.0 Å². The second kappa shape index (κ2) is 18.1. The van der Waals surface area contributed by atoms with Gasteiger partial charge >= 0.3 is 0 Å². The molecule has 0 radical (unpaired) electrons. The van der Waals surface area contributed by atoms with E-state index in [0.29, 0.717) is 23.9 Å². The van der Waals surface area contributed by atoms with Gasteiger partial charge in [-0.3, -0.25) is 9.56 Å². The van der Waals surface area contributed by atoms with Crippen molar-refractivity contribution in [2.24, 2.45) is 9.98 Å². The Balaban J connectivity index is 0.00000255. The van der Waals surface area contributed by atoms with Crippen molar-refractivity contribution in [2.45, 2.75) is 60.4 Å². The van der Waals surface area contributed by atoms with Crippen molar-refractivity contribution in [1.82, 2.24) is 4.57 Å². The number of hydrogen-bond acceptors (Lipinski definition) is 4. The van der Waals surface area contributed by atoms with Gasteiger partial charge in [0, 0.05) is 23.1 Å². The molecule has 0 spiro atoms. The smallest absolute Gasteiger partial charge is 0.172 e. The Kier molecular flexibility index (Phi) is 13.3. The van der Waals surface area contributed by atoms with Gasteiger partial charge in [-0.1, -0.05) is 112 Å². The molecule has 1 aromatic heterocycles. The summed E-state index contributed by atoms with van der Waals surface area (Å²) in [7, 11) is 0. The average molecular weight is 638 g/mol. The second-order valence-electron chi connectivity index (χ2n) is 10.8. The average Bonchev–Trinajstić information content (AvgIpc) is 3.40. The summed E-state index contributed by atoms with van der Waals surface area (Å²) in [5, 5.41) is 1.01. The fraction of sp³-hybridized carbons (Fsp3) is 0.209. The van der Waals surface area contributed by atoms with Crippen molar-refractivity contribution in [3.8, 4) is 11.5 Å². The standard InChI is InChI=1S/C41H41N3O2.C2H6/c1-6-10-11-15-23-32-33-26-39-40(46-38-25-17-16-24-37(38)45-39)28-36(33)44(35(32)20-9-4)41(42-5)27-34(31(18-7-2)19-8-3)43-29-30-21-13-12-14-22-30;1-2/h7-15,18-28H,2,5-6,16-17,29H2,1,3-4H3;1-2H3/b11-10-,19-8-,20-9-,23-15-,31-18+,41-27+,43-34?;. The van der Waals surface area contributed by atoms with Crippen LogP contribution >= 0.6 is 0 Å². The van der Waals surface area contributed by atoms with Crippen LogP contribution in [0.1, 0.15) is 70.7 Å². The van der Waals surface area contributed by atoms with Crippen molar-refractivity contribution in [3.63, 3.8) is 0 Å². The Hall–Kier alpha value is -5.42. The summed E-state index contributed by atoms with van der Waals surface area (Å²) in [6.45, 7) is 18.6. The molecule has 1 aliphatic carbocycles. The number of aromatic nitrogens is 1. The van der Waals surface area contributed by atoms with Crippen LogP contribution in [-0.2, 0) is 6.54 Å². The van der Waals surface area contributed by atoms with E-state index >= 15 is 0 Å². The topological polar surface area (TPSA) is 48.1 Å². The zero-order chi connectivity index (χ0) is 34.3. The SMILES string of the molecule is C=C/C=C(\C=C/C)C(/C=C(\N=C)n1c(/C=C\C)c(/C=C\C=C/CC)c2cc3c(cc21)OC1=CCCC=C1O3)=NCc1ccccc1.CC. The quantitative estimate of drug-likeness (QED) is 0.147. The van der Waals surface area contributed by atoms with Crippen LogP contribution in [-0.4, -0.2) is 17.0 Å². The number of hydrogen-bond donors (Lipinski definition) is 0. The Morgan fingerprint density at radius 1 is 0.938 bits per heavy atom. The van der Waals surface area contributed by atoms with E-state index in [-0.39, 0.29) is 0 Å². The van der Waals surface area contributed by atoms with E-state index < -0.39 is 0 Å². The van der Waals surface area contributed by atoms with Gasteiger partial charge in [0.25, 0.3) is 0 Å². The van der Waals surface area contributed by atoms with Gasteiger partial charge in [0.05, 0.1) is 23.5 Å². The summed E-state index contributed by atoms with van der Waals surface area (Å²) in [5.74, 6) is 3.50. The van der Waals surface area contributed by atoms with Crippen molar-refractivity contribution >= 4 is 41.3 Å². The third-order valence-electron chi connectivity index (χ3n) is 7.56. The van der Waals surface area contributed by atoms with E-state index in [2.05, 4.69) is 90.5 Å². The van der Waals surface area contributed by atoms with Crippen molar-refractivity contribution in [1.29, 1.82) is 0 Å². The number of ether oxygens (including phenoxy) is 2. The van der Waals surface area contributed by atoms with Crippen molar-refractivity contribution < 1.29 is 9.47 Å². The minimum Gasteiger partial charge on any atom is -0.450 e. The predicted octanol–water partition coefficient (Wildman–Crippen LogP) is 11.8. The number of fused-ring (bicyclic) bond motifs is 3. The Morgan fingerprint density at radius 2 is 1.65 bits per heavy atom. The van der Waals surface area contributed by atoms with Gasteiger partial charge in [-0.15, -0.1) is 0 Å². The van der Waals surface area contributed by atoms with Gasteiger partial charge in [0.1, 0.15) is 5.82 Å². The largest absolute Gasteiger partial charge is 0.450 e. The molecule has 5 rings (SSSR count). The lowest BCUT2D eigenvalue weighted by Gasteiger charge is -2.25. The first-order chi connectivity index (χ1) is 23.6. The lowest BCUT2D eigenvalue weighted by molar-refractivity contribution is 0.289. The fourth-order valence-electron chi connectivity index (χ4n) is 5.48. The highest BCUT2D eigenvalue weighted by molar-refractivity contribution is 6.13. The molecule has 246 valence electrons.